The van der Waals surface area contributed by atoms with Crippen LogP contribution in [0.4, 0.5) is 11.4 Å². The Bertz CT molecular complexity index is 1500. The largest absolute Gasteiger partial charge is 0.478 e. The van der Waals surface area contributed by atoms with Crippen LogP contribution < -0.4 is 9.80 Å². The quantitative estimate of drug-likeness (QED) is 0.289. The van der Waals surface area contributed by atoms with Crippen molar-refractivity contribution >= 4 is 29.3 Å². The Morgan fingerprint density at radius 3 is 2.05 bits per heavy atom. The molecular weight excluding hydrogens is 474 g/mol. The number of nitrogens with zero attached hydrogens (tertiary/aromatic N) is 3. The van der Waals surface area contributed by atoms with E-state index in [0.29, 0.717) is 28.9 Å². The average Bonchev–Trinajstić information content (AvgIpc) is 2.95. The highest BCUT2D eigenvalue weighted by Gasteiger charge is 2.19. The third kappa shape index (κ3) is 6.34. The minimum absolute atomic E-state index is 0.225. The van der Waals surface area contributed by atoms with Crippen LogP contribution in [-0.2, 0) is 11.3 Å². The minimum Gasteiger partial charge on any atom is -0.478 e. The van der Waals surface area contributed by atoms with Crippen LogP contribution in [0.1, 0.15) is 27.0 Å². The molecule has 0 bridgehead atoms. The highest BCUT2D eigenvalue weighted by Crippen LogP contribution is 2.26. The number of hydrogen-bond donors (Lipinski definition) is 1. The van der Waals surface area contributed by atoms with Crippen molar-refractivity contribution < 1.29 is 14.7 Å². The van der Waals surface area contributed by atoms with Gasteiger partial charge in [0.2, 0.25) is 0 Å². The summed E-state index contributed by atoms with van der Waals surface area (Å²) in [6.45, 7) is 0.310. The molecule has 0 spiro atoms. The number of amides is 1. The molecule has 0 atom stereocenters. The van der Waals surface area contributed by atoms with E-state index >= 15 is 0 Å². The summed E-state index contributed by atoms with van der Waals surface area (Å²) in [4.78, 5) is 28.3. The van der Waals surface area contributed by atoms with Gasteiger partial charge in [0.25, 0.3) is 5.91 Å². The van der Waals surface area contributed by atoms with Crippen LogP contribution in [-0.4, -0.2) is 31.1 Å². The zero-order valence-corrected chi connectivity index (χ0v) is 21.2. The van der Waals surface area contributed by atoms with Crippen molar-refractivity contribution in [2.45, 2.75) is 6.54 Å². The normalized spacial score (nSPS) is 10.7. The highest BCUT2D eigenvalue weighted by atomic mass is 16.4. The van der Waals surface area contributed by atoms with Gasteiger partial charge in [-0.2, -0.15) is 5.26 Å². The van der Waals surface area contributed by atoms with Gasteiger partial charge in [-0.25, -0.2) is 4.79 Å². The maximum Gasteiger partial charge on any atom is 0.328 e. The summed E-state index contributed by atoms with van der Waals surface area (Å²) in [6.07, 6.45) is 2.56. The second-order valence-electron chi connectivity index (χ2n) is 8.99. The fourth-order valence-corrected chi connectivity index (χ4v) is 4.02. The molecular formula is C32H27N3O3. The molecule has 38 heavy (non-hydrogen) atoms. The van der Waals surface area contributed by atoms with Gasteiger partial charge < -0.3 is 14.9 Å². The Balaban J connectivity index is 1.64. The summed E-state index contributed by atoms with van der Waals surface area (Å²) < 4.78 is 0. The maximum atomic E-state index is 13.6. The van der Waals surface area contributed by atoms with Gasteiger partial charge in [0.15, 0.2) is 0 Å². The average molecular weight is 502 g/mol. The number of benzene rings is 4. The molecule has 6 nitrogen and oxygen atoms in total. The molecule has 0 unspecified atom stereocenters. The molecule has 0 heterocycles. The molecule has 0 aromatic heterocycles. The molecule has 0 saturated heterocycles. The lowest BCUT2D eigenvalue weighted by molar-refractivity contribution is -0.131. The van der Waals surface area contributed by atoms with E-state index in [-0.39, 0.29) is 5.91 Å². The van der Waals surface area contributed by atoms with Gasteiger partial charge in [0.05, 0.1) is 18.2 Å². The van der Waals surface area contributed by atoms with Gasteiger partial charge in [-0.05, 0) is 76.9 Å². The SMILES string of the molecule is CN(C)c1ccc(-c2ccc(CN(C(=O)c3ccc(C#N)cc3)c3cccc(/C=C/C(=O)O)c3)cc2)cc1. The Hall–Kier alpha value is -5.15. The van der Waals surface area contributed by atoms with Crippen LogP contribution in [0.5, 0.6) is 0 Å². The maximum absolute atomic E-state index is 13.6. The first-order valence-electron chi connectivity index (χ1n) is 12.0. The fourth-order valence-electron chi connectivity index (χ4n) is 4.02. The van der Waals surface area contributed by atoms with E-state index in [0.717, 1.165) is 28.5 Å². The van der Waals surface area contributed by atoms with E-state index in [2.05, 4.69) is 35.2 Å². The molecule has 0 saturated carbocycles. The van der Waals surface area contributed by atoms with E-state index in [1.807, 2.05) is 44.4 Å². The number of nitriles is 1. The number of aliphatic carboxylic acids is 1. The van der Waals surface area contributed by atoms with E-state index in [1.165, 1.54) is 6.08 Å². The van der Waals surface area contributed by atoms with Gasteiger partial charge in [-0.15, -0.1) is 0 Å². The lowest BCUT2D eigenvalue weighted by Gasteiger charge is -2.24. The van der Waals surface area contributed by atoms with Gasteiger partial charge in [-0.3, -0.25) is 4.79 Å². The number of rotatable bonds is 8. The van der Waals surface area contributed by atoms with Crippen LogP contribution >= 0.6 is 0 Å². The van der Waals surface area contributed by atoms with Gasteiger partial charge >= 0.3 is 5.97 Å². The van der Waals surface area contributed by atoms with Gasteiger partial charge in [0.1, 0.15) is 0 Å². The number of hydrogen-bond acceptors (Lipinski definition) is 4. The zero-order valence-electron chi connectivity index (χ0n) is 21.2. The molecule has 0 aliphatic carbocycles. The van der Waals surface area contributed by atoms with Crippen molar-refractivity contribution in [3.05, 3.63) is 125 Å². The summed E-state index contributed by atoms with van der Waals surface area (Å²) in [5.74, 6) is -1.27. The van der Waals surface area contributed by atoms with Crippen LogP contribution in [0.25, 0.3) is 17.2 Å². The lowest BCUT2D eigenvalue weighted by atomic mass is 10.0. The van der Waals surface area contributed by atoms with E-state index in [9.17, 15) is 9.59 Å². The summed E-state index contributed by atoms with van der Waals surface area (Å²) in [7, 11) is 4.01. The molecule has 1 amide bonds. The molecule has 0 fully saturated rings. The molecule has 0 aliphatic rings. The number of carbonyl (C=O) groups is 2. The lowest BCUT2D eigenvalue weighted by Crippen LogP contribution is -2.30. The number of anilines is 2. The van der Waals surface area contributed by atoms with E-state index in [1.54, 1.807) is 47.4 Å². The van der Waals surface area contributed by atoms with Crippen LogP contribution in [0.2, 0.25) is 0 Å². The Morgan fingerprint density at radius 1 is 0.842 bits per heavy atom. The van der Waals surface area contributed by atoms with Crippen molar-refractivity contribution in [1.29, 1.82) is 5.26 Å². The first-order chi connectivity index (χ1) is 18.3. The van der Waals surface area contributed by atoms with E-state index in [4.69, 9.17) is 10.4 Å². The second-order valence-corrected chi connectivity index (χ2v) is 8.99. The highest BCUT2D eigenvalue weighted by molar-refractivity contribution is 6.06. The van der Waals surface area contributed by atoms with Crippen LogP contribution in [0, 0.1) is 11.3 Å². The molecule has 0 radical (unpaired) electrons. The van der Waals surface area contributed by atoms with Gasteiger partial charge in [-0.1, -0.05) is 48.5 Å². The molecule has 0 aliphatic heterocycles. The Labute approximate surface area is 222 Å². The topological polar surface area (TPSA) is 84.6 Å². The third-order valence-corrected chi connectivity index (χ3v) is 6.12. The number of carboxylic acids is 1. The van der Waals surface area contributed by atoms with Crippen LogP contribution in [0.15, 0.2) is 103 Å². The minimum atomic E-state index is -1.04. The standard InChI is InChI=1S/C32H27N3O3/c1-34(2)29-17-15-27(16-18-29)26-11-8-25(9-12-26)22-35(32(38)28-13-6-24(21-33)7-14-28)30-5-3-4-23(20-30)10-19-31(36)37/h3-20H,22H2,1-2H3,(H,36,37)/b19-10+. The molecule has 4 aromatic rings. The monoisotopic (exact) mass is 501 g/mol. The Morgan fingerprint density at radius 2 is 1.47 bits per heavy atom. The summed E-state index contributed by atoms with van der Waals surface area (Å²) in [5, 5.41) is 18.1. The zero-order chi connectivity index (χ0) is 27.1. The number of carbonyl (C=O) groups excluding carboxylic acids is 1. The van der Waals surface area contributed by atoms with Crippen LogP contribution in [0.3, 0.4) is 0 Å². The Kier molecular flexibility index (Phi) is 8.00. The first-order valence-corrected chi connectivity index (χ1v) is 12.0. The van der Waals surface area contributed by atoms with Crippen molar-refractivity contribution in [2.24, 2.45) is 0 Å². The summed E-state index contributed by atoms with van der Waals surface area (Å²) in [6, 6.07) is 32.2. The first kappa shape index (κ1) is 25.9. The number of carboxylic acid groups (broad SMARTS) is 1. The molecule has 4 aromatic carbocycles. The third-order valence-electron chi connectivity index (χ3n) is 6.12. The van der Waals surface area contributed by atoms with E-state index < -0.39 is 5.97 Å². The van der Waals surface area contributed by atoms with Crippen molar-refractivity contribution in [3.63, 3.8) is 0 Å². The molecule has 4 rings (SSSR count). The van der Waals surface area contributed by atoms with Crippen molar-refractivity contribution in [3.8, 4) is 17.2 Å². The predicted molar refractivity (Wildman–Crippen MR) is 151 cm³/mol. The fraction of sp³-hybridized carbons (Fsp3) is 0.0938. The molecule has 1 N–H and O–H groups in total. The van der Waals surface area contributed by atoms with Crippen molar-refractivity contribution in [1.82, 2.24) is 0 Å². The predicted octanol–water partition coefficient (Wildman–Crippen LogP) is 6.24. The van der Waals surface area contributed by atoms with Crippen molar-refractivity contribution in [2.75, 3.05) is 23.9 Å². The summed E-state index contributed by atoms with van der Waals surface area (Å²) in [5.41, 5.74) is 6.47. The second kappa shape index (κ2) is 11.7. The summed E-state index contributed by atoms with van der Waals surface area (Å²) >= 11 is 0. The molecule has 188 valence electrons. The van der Waals surface area contributed by atoms with Gasteiger partial charge in [0, 0.05) is 37.1 Å². The molecule has 6 heteroatoms. The smallest absolute Gasteiger partial charge is 0.328 e.